The number of likely N-dealkylation sites (N-methyl/N-ethyl adjacent to an activating group) is 1. The molecule has 1 atom stereocenters. The normalized spacial score (nSPS) is 20.1. The van der Waals surface area contributed by atoms with E-state index in [0.717, 1.165) is 18.8 Å². The van der Waals surface area contributed by atoms with E-state index in [-0.39, 0.29) is 11.6 Å². The number of aromatic nitrogens is 2. The number of imidazole rings is 1. The molecule has 1 fully saturated rings. The molecule has 5 nitrogen and oxygen atoms in total. The molecule has 0 radical (unpaired) electrons. The number of nitrogens with one attached hydrogen (secondary N) is 1. The number of hydrazine groups is 1. The van der Waals surface area contributed by atoms with Crippen LogP contribution >= 0.6 is 0 Å². The predicted octanol–water partition coefficient (Wildman–Crippen LogP) is 1.67. The second kappa shape index (κ2) is 6.03. The lowest BCUT2D eigenvalue weighted by atomic mass is 9.86. The quantitative estimate of drug-likeness (QED) is 0.607. The van der Waals surface area contributed by atoms with Crippen LogP contribution < -0.4 is 11.3 Å². The summed E-state index contributed by atoms with van der Waals surface area (Å²) in [6.07, 6.45) is 9.93. The fraction of sp³-hybridized carbons (Fsp3) is 0.786. The number of nitrogens with two attached hydrogens (primary N) is 1. The van der Waals surface area contributed by atoms with Gasteiger partial charge in [-0.1, -0.05) is 19.8 Å². The van der Waals surface area contributed by atoms with Gasteiger partial charge in [-0.3, -0.25) is 5.84 Å². The molecule has 0 aromatic carbocycles. The number of aryl methyl sites for hydroxylation is 1. The zero-order valence-corrected chi connectivity index (χ0v) is 12.4. The second-order valence-electron chi connectivity index (χ2n) is 5.78. The van der Waals surface area contributed by atoms with Crippen molar-refractivity contribution in [2.45, 2.75) is 57.2 Å². The first-order valence-electron chi connectivity index (χ1n) is 7.30. The van der Waals surface area contributed by atoms with Gasteiger partial charge in [0.15, 0.2) is 0 Å². The van der Waals surface area contributed by atoms with Crippen molar-refractivity contribution >= 4 is 0 Å². The van der Waals surface area contributed by atoms with Crippen molar-refractivity contribution in [2.24, 2.45) is 5.84 Å². The SMILES string of the molecule is CCCn1ccnc1C(NN)C1(N(C)C)CCCC1. The van der Waals surface area contributed by atoms with Crippen LogP contribution in [0.5, 0.6) is 0 Å². The van der Waals surface area contributed by atoms with Gasteiger partial charge in [0.2, 0.25) is 0 Å². The Hall–Kier alpha value is -0.910. The summed E-state index contributed by atoms with van der Waals surface area (Å²) in [6.45, 7) is 3.18. The topological polar surface area (TPSA) is 59.1 Å². The molecular formula is C14H27N5. The van der Waals surface area contributed by atoms with Crippen LogP contribution in [-0.4, -0.2) is 34.1 Å². The molecule has 3 N–H and O–H groups in total. The van der Waals surface area contributed by atoms with Gasteiger partial charge >= 0.3 is 0 Å². The van der Waals surface area contributed by atoms with Crippen molar-refractivity contribution in [3.8, 4) is 0 Å². The minimum Gasteiger partial charge on any atom is -0.334 e. The van der Waals surface area contributed by atoms with Gasteiger partial charge in [0.05, 0.1) is 6.04 Å². The van der Waals surface area contributed by atoms with Gasteiger partial charge < -0.3 is 9.47 Å². The lowest BCUT2D eigenvalue weighted by Gasteiger charge is -2.42. The summed E-state index contributed by atoms with van der Waals surface area (Å²) in [5, 5.41) is 0. The highest BCUT2D eigenvalue weighted by atomic mass is 15.3. The largest absolute Gasteiger partial charge is 0.334 e. The van der Waals surface area contributed by atoms with Crippen molar-refractivity contribution in [1.29, 1.82) is 0 Å². The molecule has 5 heteroatoms. The highest BCUT2D eigenvalue weighted by molar-refractivity contribution is 5.12. The minimum absolute atomic E-state index is 0.0889. The third-order valence-corrected chi connectivity index (χ3v) is 4.53. The average Bonchev–Trinajstić information content (AvgIpc) is 3.02. The molecule has 1 aromatic rings. The fourth-order valence-electron chi connectivity index (χ4n) is 3.46. The van der Waals surface area contributed by atoms with Gasteiger partial charge in [0.25, 0.3) is 0 Å². The van der Waals surface area contributed by atoms with Gasteiger partial charge in [-0.25, -0.2) is 10.4 Å². The molecule has 1 aliphatic rings. The third kappa shape index (κ3) is 2.55. The van der Waals surface area contributed by atoms with Crippen molar-refractivity contribution in [3.05, 3.63) is 18.2 Å². The lowest BCUT2D eigenvalue weighted by molar-refractivity contribution is 0.0985. The van der Waals surface area contributed by atoms with Gasteiger partial charge in [-0.15, -0.1) is 0 Å². The maximum absolute atomic E-state index is 5.90. The van der Waals surface area contributed by atoms with Crippen molar-refractivity contribution in [1.82, 2.24) is 19.9 Å². The smallest absolute Gasteiger partial charge is 0.129 e. The van der Waals surface area contributed by atoms with Crippen molar-refractivity contribution in [2.75, 3.05) is 14.1 Å². The van der Waals surface area contributed by atoms with E-state index in [1.807, 2.05) is 6.20 Å². The zero-order chi connectivity index (χ0) is 13.9. The Morgan fingerprint density at radius 1 is 1.47 bits per heavy atom. The molecule has 0 amide bonds. The van der Waals surface area contributed by atoms with Gasteiger partial charge in [-0.05, 0) is 33.4 Å². The minimum atomic E-state index is 0.0889. The summed E-state index contributed by atoms with van der Waals surface area (Å²) in [4.78, 5) is 6.90. The Morgan fingerprint density at radius 2 is 2.16 bits per heavy atom. The third-order valence-electron chi connectivity index (χ3n) is 4.53. The lowest BCUT2D eigenvalue weighted by Crippen LogP contribution is -2.54. The maximum atomic E-state index is 5.90. The maximum Gasteiger partial charge on any atom is 0.129 e. The molecule has 1 unspecified atom stereocenters. The summed E-state index contributed by atoms with van der Waals surface area (Å²) in [5.41, 5.74) is 3.13. The fourth-order valence-corrected chi connectivity index (χ4v) is 3.46. The molecule has 19 heavy (non-hydrogen) atoms. The molecule has 0 bridgehead atoms. The molecule has 108 valence electrons. The van der Waals surface area contributed by atoms with E-state index in [1.165, 1.54) is 25.7 Å². The highest BCUT2D eigenvalue weighted by Gasteiger charge is 2.45. The number of rotatable bonds is 6. The molecule has 1 saturated carbocycles. The van der Waals surface area contributed by atoms with E-state index in [9.17, 15) is 0 Å². The molecule has 0 spiro atoms. The van der Waals surface area contributed by atoms with Crippen LogP contribution in [0.4, 0.5) is 0 Å². The van der Waals surface area contributed by atoms with Crippen LogP contribution in [0.1, 0.15) is 50.9 Å². The number of nitrogens with zero attached hydrogens (tertiary/aromatic N) is 3. The molecular weight excluding hydrogens is 238 g/mol. The molecule has 0 aliphatic heterocycles. The van der Waals surface area contributed by atoms with E-state index in [2.05, 4.69) is 47.1 Å². The highest BCUT2D eigenvalue weighted by Crippen LogP contribution is 2.42. The van der Waals surface area contributed by atoms with Gasteiger partial charge in [0.1, 0.15) is 5.82 Å². The van der Waals surface area contributed by atoms with Crippen LogP contribution in [0.25, 0.3) is 0 Å². The van der Waals surface area contributed by atoms with Gasteiger partial charge in [0, 0.05) is 24.5 Å². The summed E-state index contributed by atoms with van der Waals surface area (Å²) in [5.74, 6) is 6.97. The average molecular weight is 265 g/mol. The molecule has 0 saturated heterocycles. The second-order valence-corrected chi connectivity index (χ2v) is 5.78. The molecule has 1 heterocycles. The first kappa shape index (κ1) is 14.5. The first-order chi connectivity index (χ1) is 9.15. The van der Waals surface area contributed by atoms with Crippen molar-refractivity contribution in [3.63, 3.8) is 0 Å². The molecule has 2 rings (SSSR count). The van der Waals surface area contributed by atoms with E-state index >= 15 is 0 Å². The Labute approximate surface area is 116 Å². The summed E-state index contributed by atoms with van der Waals surface area (Å²) < 4.78 is 2.23. The predicted molar refractivity (Wildman–Crippen MR) is 77.5 cm³/mol. The summed E-state index contributed by atoms with van der Waals surface area (Å²) in [6, 6.07) is 0.0894. The Bertz CT molecular complexity index is 392. The van der Waals surface area contributed by atoms with Crippen LogP contribution in [0, 0.1) is 0 Å². The number of hydrogen-bond acceptors (Lipinski definition) is 4. The van der Waals surface area contributed by atoms with Crippen LogP contribution in [0.2, 0.25) is 0 Å². The zero-order valence-electron chi connectivity index (χ0n) is 12.4. The molecule has 1 aromatic heterocycles. The van der Waals surface area contributed by atoms with E-state index < -0.39 is 0 Å². The van der Waals surface area contributed by atoms with Gasteiger partial charge in [-0.2, -0.15) is 0 Å². The monoisotopic (exact) mass is 265 g/mol. The van der Waals surface area contributed by atoms with Crippen LogP contribution in [0.3, 0.4) is 0 Å². The van der Waals surface area contributed by atoms with E-state index in [0.29, 0.717) is 0 Å². The first-order valence-corrected chi connectivity index (χ1v) is 7.30. The Morgan fingerprint density at radius 3 is 2.68 bits per heavy atom. The van der Waals surface area contributed by atoms with E-state index in [4.69, 9.17) is 5.84 Å². The van der Waals surface area contributed by atoms with E-state index in [1.54, 1.807) is 0 Å². The standard InChI is InChI=1S/C14H27N5/c1-4-10-19-11-9-16-13(19)12(17-15)14(18(2)3)7-5-6-8-14/h9,11-12,17H,4-8,10,15H2,1-3H3. The number of hydrogen-bond donors (Lipinski definition) is 2. The van der Waals surface area contributed by atoms with Crippen LogP contribution in [0.15, 0.2) is 12.4 Å². The Balaban J connectivity index is 2.34. The van der Waals surface area contributed by atoms with Crippen LogP contribution in [-0.2, 0) is 6.54 Å². The summed E-state index contributed by atoms with van der Waals surface area (Å²) >= 11 is 0. The Kier molecular flexibility index (Phi) is 4.60. The van der Waals surface area contributed by atoms with Crippen molar-refractivity contribution < 1.29 is 0 Å². The summed E-state index contributed by atoms with van der Waals surface area (Å²) in [7, 11) is 4.31. The molecule has 1 aliphatic carbocycles.